The minimum Gasteiger partial charge on any atom is -0.482 e. The van der Waals surface area contributed by atoms with Gasteiger partial charge in [-0.3, -0.25) is 0 Å². The quantitative estimate of drug-likeness (QED) is 0.472. The average Bonchev–Trinajstić information content (AvgIpc) is 3.41. The SMILES string of the molecule is CO[C@@H]1CC[N+](=C2COc3cc(F)ccc3[C@@H]2Nc2ncnc3[nH]c(C(F)(F)F)cc23)C1. The average molecular weight is 450 g/mol. The molecule has 7 nitrogen and oxygen atoms in total. The molecular formula is C21H20F4N5O2+. The summed E-state index contributed by atoms with van der Waals surface area (Å²) in [5.74, 6) is 0.185. The van der Waals surface area contributed by atoms with Gasteiger partial charge in [-0.25, -0.2) is 18.9 Å². The summed E-state index contributed by atoms with van der Waals surface area (Å²) in [6.45, 7) is 1.61. The van der Waals surface area contributed by atoms with E-state index in [-0.39, 0.29) is 29.6 Å². The summed E-state index contributed by atoms with van der Waals surface area (Å²) in [6.07, 6.45) is -2.43. The number of fused-ring (bicyclic) bond motifs is 2. The van der Waals surface area contributed by atoms with Gasteiger partial charge in [0.15, 0.2) is 13.2 Å². The van der Waals surface area contributed by atoms with Gasteiger partial charge in [-0.2, -0.15) is 13.2 Å². The standard InChI is InChI=1S/C21H20F4N5O2/c1-31-12-4-5-30(8-12)15-9-32-16-6-11(22)2-3-13(16)18(15)29-20-14-7-17(21(23,24)25)28-19(14)26-10-27-20/h2-3,6-7,10,12,18H,4-5,8-9H2,1H3,(H2,26,27,28,29)/q+1/t12-,18+/m1/s1. The zero-order valence-electron chi connectivity index (χ0n) is 17.0. The summed E-state index contributed by atoms with van der Waals surface area (Å²) < 4.78 is 66.9. The van der Waals surface area contributed by atoms with E-state index in [2.05, 4.69) is 24.8 Å². The molecule has 2 N–H and O–H groups in total. The number of nitrogens with one attached hydrogen (secondary N) is 2. The van der Waals surface area contributed by atoms with Crippen molar-refractivity contribution >= 4 is 22.6 Å². The molecule has 2 aromatic heterocycles. The lowest BCUT2D eigenvalue weighted by Gasteiger charge is -2.27. The first-order valence-electron chi connectivity index (χ1n) is 10.1. The number of anilines is 1. The molecule has 168 valence electrons. The number of rotatable bonds is 3. The van der Waals surface area contributed by atoms with Gasteiger partial charge >= 0.3 is 6.18 Å². The molecule has 5 rings (SSSR count). The molecule has 1 fully saturated rings. The molecule has 0 saturated carbocycles. The van der Waals surface area contributed by atoms with Crippen LogP contribution in [0.2, 0.25) is 0 Å². The fraction of sp³-hybridized carbons (Fsp3) is 0.381. The topological polar surface area (TPSA) is 75.1 Å². The van der Waals surface area contributed by atoms with Crippen LogP contribution in [0.15, 0.2) is 30.6 Å². The van der Waals surface area contributed by atoms with Crippen LogP contribution in [0.4, 0.5) is 23.4 Å². The van der Waals surface area contributed by atoms with Gasteiger partial charge in [-0.15, -0.1) is 0 Å². The second-order valence-corrected chi connectivity index (χ2v) is 7.80. The molecule has 2 aliphatic rings. The van der Waals surface area contributed by atoms with Gasteiger partial charge in [0, 0.05) is 25.2 Å². The normalized spacial score (nSPS) is 23.3. The van der Waals surface area contributed by atoms with Crippen molar-refractivity contribution in [3.05, 3.63) is 47.7 Å². The molecule has 32 heavy (non-hydrogen) atoms. The third-order valence-electron chi connectivity index (χ3n) is 5.89. The number of aromatic amines is 1. The van der Waals surface area contributed by atoms with E-state index in [0.717, 1.165) is 24.7 Å². The Morgan fingerprint density at radius 1 is 1.25 bits per heavy atom. The smallest absolute Gasteiger partial charge is 0.431 e. The Hall–Kier alpha value is -3.21. The molecular weight excluding hydrogens is 430 g/mol. The van der Waals surface area contributed by atoms with E-state index >= 15 is 0 Å². The first-order chi connectivity index (χ1) is 15.3. The number of methoxy groups -OCH3 is 1. The van der Waals surface area contributed by atoms with E-state index in [1.54, 1.807) is 13.2 Å². The number of aromatic nitrogens is 3. The Labute approximate surface area is 180 Å². The van der Waals surface area contributed by atoms with Crippen molar-refractivity contribution in [2.24, 2.45) is 0 Å². The minimum absolute atomic E-state index is 0.0718. The molecule has 1 saturated heterocycles. The second-order valence-electron chi connectivity index (χ2n) is 7.80. The van der Waals surface area contributed by atoms with Gasteiger partial charge in [0.2, 0.25) is 5.71 Å². The van der Waals surface area contributed by atoms with Crippen molar-refractivity contribution in [1.29, 1.82) is 0 Å². The van der Waals surface area contributed by atoms with Gasteiger partial charge in [0.25, 0.3) is 0 Å². The molecule has 11 heteroatoms. The van der Waals surface area contributed by atoms with Crippen molar-refractivity contribution in [3.8, 4) is 5.75 Å². The minimum atomic E-state index is -4.54. The molecule has 0 spiro atoms. The van der Waals surface area contributed by atoms with E-state index in [1.807, 2.05) is 0 Å². The Kier molecular flexibility index (Phi) is 5.00. The molecule has 0 amide bonds. The number of alkyl halides is 3. The van der Waals surface area contributed by atoms with Crippen LogP contribution in [0.5, 0.6) is 5.75 Å². The predicted molar refractivity (Wildman–Crippen MR) is 108 cm³/mol. The van der Waals surface area contributed by atoms with E-state index in [1.165, 1.54) is 18.5 Å². The van der Waals surface area contributed by atoms with Gasteiger partial charge < -0.3 is 19.8 Å². The first kappa shape index (κ1) is 20.7. The van der Waals surface area contributed by atoms with Gasteiger partial charge in [0.1, 0.15) is 53.7 Å². The number of nitrogens with zero attached hydrogens (tertiary/aromatic N) is 3. The van der Waals surface area contributed by atoms with E-state index in [4.69, 9.17) is 9.47 Å². The van der Waals surface area contributed by atoms with Crippen LogP contribution in [0.25, 0.3) is 11.0 Å². The molecule has 0 unspecified atom stereocenters. The summed E-state index contributed by atoms with van der Waals surface area (Å²) in [7, 11) is 1.66. The zero-order valence-corrected chi connectivity index (χ0v) is 17.0. The highest BCUT2D eigenvalue weighted by molar-refractivity contribution is 5.95. The summed E-state index contributed by atoms with van der Waals surface area (Å²) in [5.41, 5.74) is 0.717. The summed E-state index contributed by atoms with van der Waals surface area (Å²) in [4.78, 5) is 10.4. The predicted octanol–water partition coefficient (Wildman–Crippen LogP) is 3.53. The van der Waals surface area contributed by atoms with Crippen molar-refractivity contribution in [2.45, 2.75) is 24.7 Å². The van der Waals surface area contributed by atoms with Gasteiger partial charge in [0.05, 0.1) is 5.39 Å². The Morgan fingerprint density at radius 3 is 2.84 bits per heavy atom. The summed E-state index contributed by atoms with van der Waals surface area (Å²) in [6, 6.07) is 4.75. The lowest BCUT2D eigenvalue weighted by Crippen LogP contribution is -2.38. The number of halogens is 4. The van der Waals surface area contributed by atoms with Gasteiger partial charge in [-0.05, 0) is 18.2 Å². The highest BCUT2D eigenvalue weighted by atomic mass is 19.4. The van der Waals surface area contributed by atoms with Crippen molar-refractivity contribution < 1.29 is 31.6 Å². The maximum Gasteiger partial charge on any atom is 0.431 e. The maximum absolute atomic E-state index is 13.8. The number of benzene rings is 1. The first-order valence-corrected chi connectivity index (χ1v) is 10.1. The number of hydrogen-bond acceptors (Lipinski definition) is 5. The molecule has 0 radical (unpaired) electrons. The largest absolute Gasteiger partial charge is 0.482 e. The fourth-order valence-corrected chi connectivity index (χ4v) is 4.25. The number of ether oxygens (including phenoxy) is 2. The van der Waals surface area contributed by atoms with Crippen LogP contribution in [0, 0.1) is 5.82 Å². The zero-order chi connectivity index (χ0) is 22.5. The molecule has 0 aliphatic carbocycles. The molecule has 1 aromatic carbocycles. The monoisotopic (exact) mass is 450 g/mol. The molecule has 2 aliphatic heterocycles. The number of H-pyrrole nitrogens is 1. The van der Waals surface area contributed by atoms with Crippen LogP contribution in [-0.2, 0) is 10.9 Å². The van der Waals surface area contributed by atoms with Gasteiger partial charge in [-0.1, -0.05) is 0 Å². The van der Waals surface area contributed by atoms with Crippen molar-refractivity contribution in [1.82, 2.24) is 15.0 Å². The Bertz CT molecular complexity index is 1210. The van der Waals surface area contributed by atoms with Crippen molar-refractivity contribution in [3.63, 3.8) is 0 Å². The van der Waals surface area contributed by atoms with E-state index < -0.39 is 23.7 Å². The molecule has 4 heterocycles. The Morgan fingerprint density at radius 2 is 2.09 bits per heavy atom. The third-order valence-corrected chi connectivity index (χ3v) is 5.89. The van der Waals surface area contributed by atoms with E-state index in [9.17, 15) is 17.6 Å². The molecule has 0 bridgehead atoms. The van der Waals surface area contributed by atoms with E-state index in [0.29, 0.717) is 17.9 Å². The summed E-state index contributed by atoms with van der Waals surface area (Å²) in [5, 5.41) is 3.48. The fourth-order valence-electron chi connectivity index (χ4n) is 4.25. The van der Waals surface area contributed by atoms with Crippen LogP contribution < -0.4 is 10.1 Å². The molecule has 3 aromatic rings. The lowest BCUT2D eigenvalue weighted by molar-refractivity contribution is -0.513. The summed E-state index contributed by atoms with van der Waals surface area (Å²) >= 11 is 0. The van der Waals surface area contributed by atoms with Crippen LogP contribution in [-0.4, -0.2) is 58.1 Å². The number of hydrogen-bond donors (Lipinski definition) is 2. The van der Waals surface area contributed by atoms with Crippen LogP contribution in [0.1, 0.15) is 23.7 Å². The highest BCUT2D eigenvalue weighted by Crippen LogP contribution is 2.37. The lowest BCUT2D eigenvalue weighted by atomic mass is 9.98. The van der Waals surface area contributed by atoms with Crippen LogP contribution in [0.3, 0.4) is 0 Å². The third kappa shape index (κ3) is 3.66. The second kappa shape index (κ2) is 7.73. The van der Waals surface area contributed by atoms with Crippen LogP contribution >= 0.6 is 0 Å². The highest BCUT2D eigenvalue weighted by Gasteiger charge is 2.39. The Balaban J connectivity index is 1.59. The molecule has 2 atom stereocenters. The van der Waals surface area contributed by atoms with Crippen molar-refractivity contribution in [2.75, 3.05) is 32.1 Å². The maximum atomic E-state index is 13.8.